The molecule has 0 radical (unpaired) electrons. The predicted octanol–water partition coefficient (Wildman–Crippen LogP) is 3.03. The van der Waals surface area contributed by atoms with Crippen molar-refractivity contribution in [2.75, 3.05) is 26.3 Å². The van der Waals surface area contributed by atoms with Crippen LogP contribution >= 0.6 is 0 Å². The van der Waals surface area contributed by atoms with Gasteiger partial charge in [-0.05, 0) is 68.5 Å². The van der Waals surface area contributed by atoms with Gasteiger partial charge in [-0.2, -0.15) is 0 Å². The van der Waals surface area contributed by atoms with E-state index in [1.807, 2.05) is 12.1 Å². The van der Waals surface area contributed by atoms with Gasteiger partial charge in [-0.25, -0.2) is 4.39 Å². The van der Waals surface area contributed by atoms with Crippen molar-refractivity contribution < 1.29 is 13.9 Å². The molecular formula is C16H22FNO2. The van der Waals surface area contributed by atoms with Crippen molar-refractivity contribution in [3.63, 3.8) is 0 Å². The minimum atomic E-state index is -0.975. The second-order valence-corrected chi connectivity index (χ2v) is 5.73. The molecule has 2 unspecified atom stereocenters. The summed E-state index contributed by atoms with van der Waals surface area (Å²) in [6.45, 7) is 4.83. The van der Waals surface area contributed by atoms with E-state index in [9.17, 15) is 4.39 Å². The van der Waals surface area contributed by atoms with Crippen LogP contribution < -0.4 is 14.8 Å². The van der Waals surface area contributed by atoms with Crippen molar-refractivity contribution in [1.29, 1.82) is 0 Å². The van der Waals surface area contributed by atoms with Crippen molar-refractivity contribution >= 4 is 0 Å². The number of piperidine rings is 1. The minimum absolute atomic E-state index is 0.541. The zero-order valence-corrected chi connectivity index (χ0v) is 12.0. The fraction of sp³-hybridized carbons (Fsp3) is 0.625. The Labute approximate surface area is 119 Å². The lowest BCUT2D eigenvalue weighted by atomic mass is 9.89. The lowest BCUT2D eigenvalue weighted by Gasteiger charge is -2.26. The van der Waals surface area contributed by atoms with Gasteiger partial charge in [0, 0.05) is 0 Å². The second kappa shape index (κ2) is 6.00. The largest absolute Gasteiger partial charge is 0.486 e. The van der Waals surface area contributed by atoms with Crippen LogP contribution in [0.1, 0.15) is 37.1 Å². The van der Waals surface area contributed by atoms with E-state index in [1.54, 1.807) is 6.92 Å². The number of fused-ring (bicyclic) bond motifs is 1. The van der Waals surface area contributed by atoms with E-state index in [-0.39, 0.29) is 0 Å². The third-order valence-electron chi connectivity index (χ3n) is 4.14. The standard InChI is InChI=1S/C16H22FNO2/c1-11(17)14-9-16-15(19-5-6-20-16)8-13(14)7-12-3-2-4-18-10-12/h8-9,11-12,18H,2-7,10H2,1H3. The highest BCUT2D eigenvalue weighted by atomic mass is 19.1. The number of halogens is 1. The first-order chi connectivity index (χ1) is 9.74. The number of alkyl halides is 1. The van der Waals surface area contributed by atoms with Crippen LogP contribution in [0.3, 0.4) is 0 Å². The topological polar surface area (TPSA) is 30.5 Å². The van der Waals surface area contributed by atoms with Gasteiger partial charge >= 0.3 is 0 Å². The lowest BCUT2D eigenvalue weighted by molar-refractivity contribution is 0.170. The van der Waals surface area contributed by atoms with Crippen molar-refractivity contribution in [2.45, 2.75) is 32.4 Å². The van der Waals surface area contributed by atoms with Gasteiger partial charge in [-0.15, -0.1) is 0 Å². The molecular weight excluding hydrogens is 257 g/mol. The van der Waals surface area contributed by atoms with E-state index in [2.05, 4.69) is 5.32 Å². The molecule has 4 heteroatoms. The Kier molecular flexibility index (Phi) is 4.10. The molecule has 3 rings (SSSR count). The summed E-state index contributed by atoms with van der Waals surface area (Å²) in [5, 5.41) is 3.42. The monoisotopic (exact) mass is 279 g/mol. The average molecular weight is 279 g/mol. The van der Waals surface area contributed by atoms with Crippen LogP contribution in [-0.4, -0.2) is 26.3 Å². The zero-order chi connectivity index (χ0) is 13.9. The van der Waals surface area contributed by atoms with Gasteiger partial charge < -0.3 is 14.8 Å². The fourth-order valence-electron chi connectivity index (χ4n) is 3.10. The van der Waals surface area contributed by atoms with Crippen LogP contribution in [0.25, 0.3) is 0 Å². The van der Waals surface area contributed by atoms with Gasteiger partial charge in [0.05, 0.1) is 0 Å². The first kappa shape index (κ1) is 13.7. The lowest BCUT2D eigenvalue weighted by Crippen LogP contribution is -2.31. The molecule has 0 saturated carbocycles. The summed E-state index contributed by atoms with van der Waals surface area (Å²) in [6.07, 6.45) is 2.35. The van der Waals surface area contributed by atoms with Crippen molar-refractivity contribution in [3.8, 4) is 11.5 Å². The van der Waals surface area contributed by atoms with Gasteiger partial charge in [0.15, 0.2) is 11.5 Å². The second-order valence-electron chi connectivity index (χ2n) is 5.73. The number of nitrogens with one attached hydrogen (secondary N) is 1. The molecule has 1 N–H and O–H groups in total. The smallest absolute Gasteiger partial charge is 0.161 e. The average Bonchev–Trinajstić information content (AvgIpc) is 2.47. The summed E-state index contributed by atoms with van der Waals surface area (Å²) >= 11 is 0. The number of hydrogen-bond donors (Lipinski definition) is 1. The molecule has 3 nitrogen and oxygen atoms in total. The summed E-state index contributed by atoms with van der Waals surface area (Å²) in [5.74, 6) is 2.03. The van der Waals surface area contributed by atoms with Crippen LogP contribution in [0.15, 0.2) is 12.1 Å². The molecule has 110 valence electrons. The highest BCUT2D eigenvalue weighted by Gasteiger charge is 2.21. The maximum Gasteiger partial charge on any atom is 0.161 e. The summed E-state index contributed by atoms with van der Waals surface area (Å²) in [7, 11) is 0. The Morgan fingerprint density at radius 1 is 1.30 bits per heavy atom. The molecule has 1 aromatic rings. The fourth-order valence-corrected chi connectivity index (χ4v) is 3.10. The van der Waals surface area contributed by atoms with E-state index >= 15 is 0 Å². The quantitative estimate of drug-likeness (QED) is 0.922. The molecule has 20 heavy (non-hydrogen) atoms. The van der Waals surface area contributed by atoms with Gasteiger partial charge in [0.2, 0.25) is 0 Å². The Hall–Kier alpha value is -1.29. The van der Waals surface area contributed by atoms with E-state index in [0.29, 0.717) is 24.9 Å². The molecule has 0 aliphatic carbocycles. The molecule has 1 saturated heterocycles. The summed E-state index contributed by atoms with van der Waals surface area (Å²) in [5.41, 5.74) is 1.82. The predicted molar refractivity (Wildman–Crippen MR) is 76.3 cm³/mol. The molecule has 2 aliphatic heterocycles. The van der Waals surface area contributed by atoms with Crippen LogP contribution in [-0.2, 0) is 6.42 Å². The van der Waals surface area contributed by atoms with Crippen LogP contribution in [0.2, 0.25) is 0 Å². The third kappa shape index (κ3) is 2.90. The first-order valence-corrected chi connectivity index (χ1v) is 7.51. The molecule has 2 aliphatic rings. The van der Waals surface area contributed by atoms with Crippen molar-refractivity contribution in [3.05, 3.63) is 23.3 Å². The molecule has 0 bridgehead atoms. The number of ether oxygens (including phenoxy) is 2. The zero-order valence-electron chi connectivity index (χ0n) is 12.0. The van der Waals surface area contributed by atoms with Gasteiger partial charge in [-0.3, -0.25) is 0 Å². The van der Waals surface area contributed by atoms with E-state index < -0.39 is 6.17 Å². The first-order valence-electron chi connectivity index (χ1n) is 7.51. The Balaban J connectivity index is 1.86. The Morgan fingerprint density at radius 3 is 2.70 bits per heavy atom. The summed E-state index contributed by atoms with van der Waals surface area (Å²) in [6, 6.07) is 3.80. The molecule has 0 spiro atoms. The van der Waals surface area contributed by atoms with Gasteiger partial charge in [0.1, 0.15) is 19.4 Å². The van der Waals surface area contributed by atoms with E-state index in [0.717, 1.165) is 36.4 Å². The minimum Gasteiger partial charge on any atom is -0.486 e. The number of hydrogen-bond acceptors (Lipinski definition) is 3. The van der Waals surface area contributed by atoms with Gasteiger partial charge in [0.25, 0.3) is 0 Å². The Morgan fingerprint density at radius 2 is 2.05 bits per heavy atom. The molecule has 1 fully saturated rings. The third-order valence-corrected chi connectivity index (χ3v) is 4.14. The Bertz CT molecular complexity index is 470. The summed E-state index contributed by atoms with van der Waals surface area (Å²) < 4.78 is 25.1. The maximum absolute atomic E-state index is 13.9. The van der Waals surface area contributed by atoms with Gasteiger partial charge in [-0.1, -0.05) is 0 Å². The SMILES string of the molecule is CC(F)c1cc2c(cc1CC1CCCNC1)OCCO2. The maximum atomic E-state index is 13.9. The van der Waals surface area contributed by atoms with Crippen LogP contribution in [0.5, 0.6) is 11.5 Å². The van der Waals surface area contributed by atoms with Crippen LogP contribution in [0, 0.1) is 5.92 Å². The van der Waals surface area contributed by atoms with Crippen LogP contribution in [0.4, 0.5) is 4.39 Å². The highest BCUT2D eigenvalue weighted by Crippen LogP contribution is 2.37. The molecule has 0 aromatic heterocycles. The van der Waals surface area contributed by atoms with Crippen molar-refractivity contribution in [1.82, 2.24) is 5.32 Å². The molecule has 2 atom stereocenters. The normalized spacial score (nSPS) is 23.4. The molecule has 2 heterocycles. The van der Waals surface area contributed by atoms with Crippen molar-refractivity contribution in [2.24, 2.45) is 5.92 Å². The molecule has 1 aromatic carbocycles. The van der Waals surface area contributed by atoms with E-state index in [1.165, 1.54) is 12.8 Å². The number of rotatable bonds is 3. The summed E-state index contributed by atoms with van der Waals surface area (Å²) in [4.78, 5) is 0. The number of benzene rings is 1. The van der Waals surface area contributed by atoms with E-state index in [4.69, 9.17) is 9.47 Å². The molecule has 0 amide bonds. The highest BCUT2D eigenvalue weighted by molar-refractivity contribution is 5.49.